The van der Waals surface area contributed by atoms with E-state index in [0.717, 1.165) is 15.7 Å². The summed E-state index contributed by atoms with van der Waals surface area (Å²) in [7, 11) is 1.74. The molecule has 1 aliphatic rings. The highest BCUT2D eigenvalue weighted by Crippen LogP contribution is 2.34. The highest BCUT2D eigenvalue weighted by molar-refractivity contribution is 9.10. The molecular formula is C17H15BrFN3S. The fraction of sp³-hybridized carbons (Fsp3) is 0.176. The van der Waals surface area contributed by atoms with Crippen molar-refractivity contribution in [2.24, 2.45) is 5.10 Å². The fourth-order valence-corrected chi connectivity index (χ4v) is 3.05. The van der Waals surface area contributed by atoms with E-state index in [4.69, 9.17) is 12.2 Å². The summed E-state index contributed by atoms with van der Waals surface area (Å²) in [6, 6.07) is 14.4. The van der Waals surface area contributed by atoms with Crippen LogP contribution in [-0.4, -0.2) is 22.9 Å². The first kappa shape index (κ1) is 16.1. The maximum absolute atomic E-state index is 14.2. The van der Waals surface area contributed by atoms with Gasteiger partial charge in [-0.2, -0.15) is 5.10 Å². The van der Waals surface area contributed by atoms with E-state index in [1.807, 2.05) is 30.3 Å². The number of hydrazone groups is 1. The van der Waals surface area contributed by atoms with Gasteiger partial charge in [0.2, 0.25) is 0 Å². The van der Waals surface area contributed by atoms with Crippen molar-refractivity contribution >= 4 is 39.0 Å². The van der Waals surface area contributed by atoms with Crippen molar-refractivity contribution in [3.8, 4) is 0 Å². The summed E-state index contributed by atoms with van der Waals surface area (Å²) in [5.74, 6) is -0.242. The first-order chi connectivity index (χ1) is 11.1. The summed E-state index contributed by atoms with van der Waals surface area (Å²) < 4.78 is 15.2. The van der Waals surface area contributed by atoms with Gasteiger partial charge in [0.05, 0.1) is 11.8 Å². The molecule has 118 valence electrons. The lowest BCUT2D eigenvalue weighted by Gasteiger charge is -2.24. The van der Waals surface area contributed by atoms with Gasteiger partial charge in [-0.1, -0.05) is 46.3 Å². The summed E-state index contributed by atoms with van der Waals surface area (Å²) >= 11 is 8.76. The van der Waals surface area contributed by atoms with Crippen molar-refractivity contribution in [1.82, 2.24) is 10.3 Å². The van der Waals surface area contributed by atoms with Crippen LogP contribution in [0.4, 0.5) is 4.39 Å². The van der Waals surface area contributed by atoms with Gasteiger partial charge in [0, 0.05) is 23.5 Å². The van der Waals surface area contributed by atoms with Crippen molar-refractivity contribution in [1.29, 1.82) is 0 Å². The summed E-state index contributed by atoms with van der Waals surface area (Å²) in [6.45, 7) is 0. The molecule has 0 unspecified atom stereocenters. The van der Waals surface area contributed by atoms with Gasteiger partial charge in [0.25, 0.3) is 0 Å². The molecule has 1 N–H and O–H groups in total. The fourth-order valence-electron chi connectivity index (χ4n) is 2.62. The van der Waals surface area contributed by atoms with E-state index >= 15 is 0 Å². The zero-order valence-corrected chi connectivity index (χ0v) is 14.9. The number of nitrogens with zero attached hydrogens (tertiary/aromatic N) is 2. The predicted molar refractivity (Wildman–Crippen MR) is 97.9 cm³/mol. The number of halogens is 2. The van der Waals surface area contributed by atoms with E-state index in [9.17, 15) is 4.39 Å². The number of rotatable bonds is 2. The minimum Gasteiger partial charge on any atom is -0.364 e. The van der Waals surface area contributed by atoms with Crippen LogP contribution >= 0.6 is 28.1 Å². The van der Waals surface area contributed by atoms with Crippen LogP contribution in [-0.2, 0) is 0 Å². The second-order valence-electron chi connectivity index (χ2n) is 5.19. The quantitative estimate of drug-likeness (QED) is 0.775. The van der Waals surface area contributed by atoms with E-state index in [1.165, 1.54) is 6.07 Å². The smallest absolute Gasteiger partial charge is 0.189 e. The summed E-state index contributed by atoms with van der Waals surface area (Å²) in [4.78, 5) is 0. The molecule has 0 saturated carbocycles. The molecule has 0 aromatic heterocycles. The van der Waals surface area contributed by atoms with Gasteiger partial charge in [0.1, 0.15) is 5.82 Å². The Morgan fingerprint density at radius 1 is 1.26 bits per heavy atom. The molecule has 0 spiro atoms. The molecule has 3 rings (SSSR count). The van der Waals surface area contributed by atoms with Crippen molar-refractivity contribution < 1.29 is 4.39 Å². The average Bonchev–Trinajstić information content (AvgIpc) is 3.00. The lowest BCUT2D eigenvalue weighted by atomic mass is 9.98. The Bertz CT molecular complexity index is 761. The largest absolute Gasteiger partial charge is 0.364 e. The summed E-state index contributed by atoms with van der Waals surface area (Å²) in [5, 5.41) is 9.71. The first-order valence-electron chi connectivity index (χ1n) is 7.19. The van der Waals surface area contributed by atoms with Crippen molar-refractivity contribution in [2.75, 3.05) is 7.05 Å². The Morgan fingerprint density at radius 2 is 1.96 bits per heavy atom. The third-order valence-corrected chi connectivity index (χ3v) is 4.69. The van der Waals surface area contributed by atoms with Gasteiger partial charge in [0.15, 0.2) is 5.11 Å². The molecule has 6 heteroatoms. The van der Waals surface area contributed by atoms with Gasteiger partial charge in [-0.25, -0.2) is 9.40 Å². The normalized spacial score (nSPS) is 17.1. The third-order valence-electron chi connectivity index (χ3n) is 3.77. The predicted octanol–water partition coefficient (Wildman–Crippen LogP) is 4.24. The maximum Gasteiger partial charge on any atom is 0.189 e. The highest BCUT2D eigenvalue weighted by atomic mass is 79.9. The average molecular weight is 392 g/mol. The van der Waals surface area contributed by atoms with Crippen LogP contribution in [0.25, 0.3) is 0 Å². The second-order valence-corrected chi connectivity index (χ2v) is 6.50. The van der Waals surface area contributed by atoms with Crippen molar-refractivity contribution in [2.45, 2.75) is 12.5 Å². The number of hydrogen-bond donors (Lipinski definition) is 1. The van der Waals surface area contributed by atoms with Gasteiger partial charge in [-0.15, -0.1) is 0 Å². The molecule has 1 aliphatic heterocycles. The van der Waals surface area contributed by atoms with Gasteiger partial charge < -0.3 is 5.32 Å². The van der Waals surface area contributed by atoms with E-state index in [0.29, 0.717) is 17.1 Å². The van der Waals surface area contributed by atoms with E-state index in [2.05, 4.69) is 26.3 Å². The molecule has 2 aromatic rings. The highest BCUT2D eigenvalue weighted by Gasteiger charge is 2.32. The molecule has 0 bridgehead atoms. The zero-order chi connectivity index (χ0) is 16.4. The molecular weight excluding hydrogens is 377 g/mol. The van der Waals surface area contributed by atoms with Crippen LogP contribution in [0.3, 0.4) is 0 Å². The van der Waals surface area contributed by atoms with Crippen LogP contribution in [0.15, 0.2) is 58.1 Å². The monoisotopic (exact) mass is 391 g/mol. The molecule has 2 aromatic carbocycles. The van der Waals surface area contributed by atoms with Crippen LogP contribution in [0.5, 0.6) is 0 Å². The van der Waals surface area contributed by atoms with Gasteiger partial charge in [-0.05, 0) is 36.0 Å². The van der Waals surface area contributed by atoms with Crippen molar-refractivity contribution in [3.63, 3.8) is 0 Å². The van der Waals surface area contributed by atoms with Gasteiger partial charge in [-0.3, -0.25) is 0 Å². The number of benzene rings is 2. The van der Waals surface area contributed by atoms with Gasteiger partial charge >= 0.3 is 0 Å². The van der Waals surface area contributed by atoms with Crippen LogP contribution < -0.4 is 5.32 Å². The third kappa shape index (κ3) is 3.28. The van der Waals surface area contributed by atoms with E-state index < -0.39 is 0 Å². The van der Waals surface area contributed by atoms with E-state index in [1.54, 1.807) is 24.2 Å². The summed E-state index contributed by atoms with van der Waals surface area (Å²) in [6.07, 6.45) is 0.602. The standard InChI is InChI=1S/C17H15BrFN3S/c1-20-17(23)22-16(13-4-2-3-5-14(13)19)10-15(21-22)11-6-8-12(18)9-7-11/h2-9,16H,10H2,1H3,(H,20,23)/t16-/m0/s1. The Hall–Kier alpha value is -1.79. The summed E-state index contributed by atoms with van der Waals surface area (Å²) in [5.41, 5.74) is 2.50. The Morgan fingerprint density at radius 3 is 2.61 bits per heavy atom. The number of hydrogen-bond acceptors (Lipinski definition) is 2. The molecule has 0 aliphatic carbocycles. The molecule has 1 atom stereocenters. The molecule has 1 heterocycles. The lowest BCUT2D eigenvalue weighted by Crippen LogP contribution is -2.34. The SMILES string of the molecule is CNC(=S)N1N=C(c2ccc(Br)cc2)C[C@H]1c1ccccc1F. The molecule has 23 heavy (non-hydrogen) atoms. The minimum absolute atomic E-state index is 0.241. The number of thiocarbonyl (C=S) groups is 1. The first-order valence-corrected chi connectivity index (χ1v) is 8.39. The minimum atomic E-state index is -0.242. The lowest BCUT2D eigenvalue weighted by molar-refractivity contribution is 0.356. The zero-order valence-electron chi connectivity index (χ0n) is 12.5. The Labute approximate surface area is 148 Å². The molecule has 0 radical (unpaired) electrons. The van der Waals surface area contributed by atoms with Crippen LogP contribution in [0.1, 0.15) is 23.6 Å². The topological polar surface area (TPSA) is 27.6 Å². The molecule has 0 amide bonds. The number of nitrogens with one attached hydrogen (secondary N) is 1. The Kier molecular flexibility index (Phi) is 4.73. The maximum atomic E-state index is 14.2. The molecule has 3 nitrogen and oxygen atoms in total. The molecule has 0 saturated heterocycles. The second kappa shape index (κ2) is 6.76. The van der Waals surface area contributed by atoms with Crippen molar-refractivity contribution in [3.05, 3.63) is 69.9 Å². The van der Waals surface area contributed by atoms with Crippen LogP contribution in [0, 0.1) is 5.82 Å². The molecule has 0 fully saturated rings. The van der Waals surface area contributed by atoms with E-state index in [-0.39, 0.29) is 11.9 Å². The van der Waals surface area contributed by atoms with Crippen LogP contribution in [0.2, 0.25) is 0 Å². The Balaban J connectivity index is 1.97.